The van der Waals surface area contributed by atoms with Crippen molar-refractivity contribution >= 4 is 58.7 Å². The summed E-state index contributed by atoms with van der Waals surface area (Å²) in [4.78, 5) is 3.59. The minimum atomic E-state index is -0.109. The smallest absolute Gasteiger partial charge is 0.128 e. The van der Waals surface area contributed by atoms with Gasteiger partial charge in [-0.25, -0.2) is 4.39 Å². The summed E-state index contributed by atoms with van der Waals surface area (Å²) in [6.07, 6.45) is 0. The van der Waals surface area contributed by atoms with Crippen molar-refractivity contribution in [3.05, 3.63) is 55.5 Å². The fourth-order valence-corrected chi connectivity index (χ4v) is 4.03. The largest absolute Gasteiger partial charge is 0.314 e. The van der Waals surface area contributed by atoms with Crippen LogP contribution in [0.4, 0.5) is 4.39 Å². The van der Waals surface area contributed by atoms with Crippen LogP contribution >= 0.6 is 58.7 Å². The molecule has 22 heavy (non-hydrogen) atoms. The van der Waals surface area contributed by atoms with Gasteiger partial charge in [-0.2, -0.15) is 0 Å². The maximum Gasteiger partial charge on any atom is 0.128 e. The van der Waals surface area contributed by atoms with E-state index in [1.54, 1.807) is 17.4 Å². The van der Waals surface area contributed by atoms with Crippen molar-refractivity contribution in [1.82, 2.24) is 10.2 Å². The summed E-state index contributed by atoms with van der Waals surface area (Å²) >= 11 is 3.95. The van der Waals surface area contributed by atoms with Crippen LogP contribution in [-0.4, -0.2) is 31.1 Å². The average molecular weight is 475 g/mol. The molecule has 0 spiro atoms. The van der Waals surface area contributed by atoms with Crippen LogP contribution in [0.3, 0.4) is 0 Å². The SMILES string of the molecule is Cl.Cl.Fc1ccc(I)cc1[C@@H](c1cccs1)N1CCNCC1. The highest BCUT2D eigenvalue weighted by Crippen LogP contribution is 2.34. The van der Waals surface area contributed by atoms with E-state index in [4.69, 9.17) is 0 Å². The second-order valence-electron chi connectivity index (χ2n) is 4.87. The molecule has 1 atom stereocenters. The van der Waals surface area contributed by atoms with Crippen molar-refractivity contribution in [1.29, 1.82) is 0 Å². The molecule has 1 aromatic heterocycles. The highest BCUT2D eigenvalue weighted by atomic mass is 127. The molecule has 0 amide bonds. The lowest BCUT2D eigenvalue weighted by Crippen LogP contribution is -2.45. The monoisotopic (exact) mass is 474 g/mol. The second kappa shape index (κ2) is 9.39. The van der Waals surface area contributed by atoms with Crippen molar-refractivity contribution in [3.63, 3.8) is 0 Å². The van der Waals surface area contributed by atoms with Gasteiger partial charge < -0.3 is 5.32 Å². The Labute approximate surface area is 160 Å². The Morgan fingerprint density at radius 1 is 1.18 bits per heavy atom. The zero-order valence-corrected chi connectivity index (χ0v) is 16.4. The van der Waals surface area contributed by atoms with Crippen LogP contribution in [0.2, 0.25) is 0 Å². The lowest BCUT2D eigenvalue weighted by Gasteiger charge is -2.35. The predicted molar refractivity (Wildman–Crippen MR) is 104 cm³/mol. The molecular formula is C15H18Cl2FIN2S. The zero-order chi connectivity index (χ0) is 13.9. The summed E-state index contributed by atoms with van der Waals surface area (Å²) in [7, 11) is 0. The van der Waals surface area contributed by atoms with Crippen LogP contribution in [0, 0.1) is 9.39 Å². The number of nitrogens with one attached hydrogen (secondary N) is 1. The molecule has 0 radical (unpaired) electrons. The van der Waals surface area contributed by atoms with E-state index in [0.717, 1.165) is 35.3 Å². The summed E-state index contributed by atoms with van der Waals surface area (Å²) in [5, 5.41) is 5.42. The molecule has 2 heterocycles. The molecule has 1 aliphatic heterocycles. The van der Waals surface area contributed by atoms with Crippen LogP contribution in [0.15, 0.2) is 35.7 Å². The Bertz CT molecular complexity index is 577. The molecule has 122 valence electrons. The van der Waals surface area contributed by atoms with E-state index in [1.807, 2.05) is 18.2 Å². The van der Waals surface area contributed by atoms with Crippen molar-refractivity contribution in [2.24, 2.45) is 0 Å². The van der Waals surface area contributed by atoms with Gasteiger partial charge in [0.2, 0.25) is 0 Å². The van der Waals surface area contributed by atoms with E-state index in [2.05, 4.69) is 44.3 Å². The first-order valence-corrected chi connectivity index (χ1v) is 8.64. The van der Waals surface area contributed by atoms with E-state index in [0.29, 0.717) is 0 Å². The van der Waals surface area contributed by atoms with Crippen molar-refractivity contribution in [2.45, 2.75) is 6.04 Å². The molecule has 0 bridgehead atoms. The number of rotatable bonds is 3. The highest BCUT2D eigenvalue weighted by molar-refractivity contribution is 14.1. The molecule has 1 saturated heterocycles. The summed E-state index contributed by atoms with van der Waals surface area (Å²) < 4.78 is 15.4. The van der Waals surface area contributed by atoms with Crippen molar-refractivity contribution < 1.29 is 4.39 Å². The maximum atomic E-state index is 14.3. The Morgan fingerprint density at radius 3 is 2.55 bits per heavy atom. The number of hydrogen-bond donors (Lipinski definition) is 1. The third-order valence-corrected chi connectivity index (χ3v) is 5.18. The second-order valence-corrected chi connectivity index (χ2v) is 7.09. The third-order valence-electron chi connectivity index (χ3n) is 3.58. The van der Waals surface area contributed by atoms with E-state index < -0.39 is 0 Å². The van der Waals surface area contributed by atoms with E-state index in [9.17, 15) is 4.39 Å². The van der Waals surface area contributed by atoms with E-state index in [-0.39, 0.29) is 36.7 Å². The molecule has 1 aromatic carbocycles. The molecule has 0 saturated carbocycles. The highest BCUT2D eigenvalue weighted by Gasteiger charge is 2.27. The quantitative estimate of drug-likeness (QED) is 0.666. The lowest BCUT2D eigenvalue weighted by molar-refractivity contribution is 0.197. The summed E-state index contributed by atoms with van der Waals surface area (Å²) in [6.45, 7) is 3.84. The topological polar surface area (TPSA) is 15.3 Å². The predicted octanol–water partition coefficient (Wildman–Crippen LogP) is 4.33. The van der Waals surface area contributed by atoms with Crippen LogP contribution in [0.25, 0.3) is 0 Å². The third kappa shape index (κ3) is 4.55. The summed E-state index contributed by atoms with van der Waals surface area (Å²) in [5.74, 6) is -0.109. The fourth-order valence-electron chi connectivity index (χ4n) is 2.64. The molecule has 1 aliphatic rings. The average Bonchev–Trinajstić information content (AvgIpc) is 2.98. The molecular weight excluding hydrogens is 457 g/mol. The number of benzene rings is 1. The molecule has 0 unspecified atom stereocenters. The van der Waals surface area contributed by atoms with Gasteiger partial charge in [0.05, 0.1) is 6.04 Å². The molecule has 1 N–H and O–H groups in total. The summed E-state index contributed by atoms with van der Waals surface area (Å²) in [5.41, 5.74) is 0.793. The number of nitrogens with zero attached hydrogens (tertiary/aromatic N) is 1. The van der Waals surface area contributed by atoms with Crippen LogP contribution in [-0.2, 0) is 0 Å². The van der Waals surface area contributed by atoms with Crippen LogP contribution in [0.5, 0.6) is 0 Å². The fraction of sp³-hybridized carbons (Fsp3) is 0.333. The minimum Gasteiger partial charge on any atom is -0.314 e. The van der Waals surface area contributed by atoms with Gasteiger partial charge in [0, 0.05) is 40.2 Å². The molecule has 2 aromatic rings. The first-order chi connectivity index (χ1) is 9.75. The van der Waals surface area contributed by atoms with Gasteiger partial charge in [-0.05, 0) is 52.2 Å². The van der Waals surface area contributed by atoms with Gasteiger partial charge in [-0.15, -0.1) is 36.2 Å². The van der Waals surface area contributed by atoms with E-state index >= 15 is 0 Å². The number of hydrogen-bond acceptors (Lipinski definition) is 3. The number of piperazine rings is 1. The molecule has 3 rings (SSSR count). The molecule has 1 fully saturated rings. The van der Waals surface area contributed by atoms with E-state index in [1.165, 1.54) is 4.88 Å². The Kier molecular flexibility index (Phi) is 8.59. The molecule has 0 aliphatic carbocycles. The van der Waals surface area contributed by atoms with Gasteiger partial charge in [-0.3, -0.25) is 4.90 Å². The maximum absolute atomic E-state index is 14.3. The number of thiophene rings is 1. The Hall–Kier alpha value is 0.0800. The van der Waals surface area contributed by atoms with Crippen LogP contribution < -0.4 is 5.32 Å². The standard InChI is InChI=1S/C15H16FIN2S.2ClH/c16-13-4-3-11(17)10-12(13)15(14-2-1-9-20-14)19-7-5-18-6-8-19;;/h1-4,9-10,15,18H,5-8H2;2*1H/t15-;;/m0../s1. The van der Waals surface area contributed by atoms with Crippen LogP contribution in [0.1, 0.15) is 16.5 Å². The van der Waals surface area contributed by atoms with Crippen molar-refractivity contribution in [2.75, 3.05) is 26.2 Å². The van der Waals surface area contributed by atoms with Gasteiger partial charge in [0.25, 0.3) is 0 Å². The first kappa shape index (κ1) is 20.1. The minimum absolute atomic E-state index is 0. The first-order valence-electron chi connectivity index (χ1n) is 6.69. The molecule has 2 nitrogen and oxygen atoms in total. The lowest BCUT2D eigenvalue weighted by atomic mass is 10.0. The number of halogens is 4. The Balaban J connectivity index is 0.00000121. The van der Waals surface area contributed by atoms with Gasteiger partial charge in [-0.1, -0.05) is 6.07 Å². The van der Waals surface area contributed by atoms with Crippen molar-refractivity contribution in [3.8, 4) is 0 Å². The summed E-state index contributed by atoms with van der Waals surface area (Å²) in [6, 6.07) is 9.56. The zero-order valence-electron chi connectivity index (χ0n) is 11.8. The van der Waals surface area contributed by atoms with Gasteiger partial charge in [0.1, 0.15) is 5.82 Å². The Morgan fingerprint density at radius 2 is 1.91 bits per heavy atom. The molecule has 7 heteroatoms. The normalized spacial score (nSPS) is 16.5. The van der Waals surface area contributed by atoms with Gasteiger partial charge in [0.15, 0.2) is 0 Å². The van der Waals surface area contributed by atoms with Gasteiger partial charge >= 0.3 is 0 Å².